The van der Waals surface area contributed by atoms with Crippen molar-refractivity contribution in [2.24, 2.45) is 0 Å². The van der Waals surface area contributed by atoms with Gasteiger partial charge in [-0.3, -0.25) is 0 Å². The average molecular weight is 362 g/mol. The summed E-state index contributed by atoms with van der Waals surface area (Å²) in [6.07, 6.45) is 7.50. The fourth-order valence-corrected chi connectivity index (χ4v) is 4.17. The van der Waals surface area contributed by atoms with E-state index < -0.39 is 0 Å². The van der Waals surface area contributed by atoms with Crippen LogP contribution in [0.4, 0.5) is 11.8 Å². The van der Waals surface area contributed by atoms with Crippen molar-refractivity contribution in [2.45, 2.75) is 38.5 Å². The number of aromatic nitrogens is 4. The SMILES string of the molecule is c1ccc(-c2nc3nc(N4CCCCC4)nc(N4CCCCC4)c3[nH]2)cc1. The van der Waals surface area contributed by atoms with Crippen molar-refractivity contribution >= 4 is 22.9 Å². The van der Waals surface area contributed by atoms with Crippen molar-refractivity contribution in [1.29, 1.82) is 0 Å². The number of aromatic amines is 1. The Kier molecular flexibility index (Phi) is 4.40. The van der Waals surface area contributed by atoms with E-state index in [-0.39, 0.29) is 0 Å². The van der Waals surface area contributed by atoms with Crippen molar-refractivity contribution in [3.8, 4) is 11.4 Å². The van der Waals surface area contributed by atoms with Crippen LogP contribution in [0.2, 0.25) is 0 Å². The molecule has 4 heterocycles. The molecule has 0 spiro atoms. The highest BCUT2D eigenvalue weighted by Gasteiger charge is 2.23. The number of fused-ring (bicyclic) bond motifs is 1. The summed E-state index contributed by atoms with van der Waals surface area (Å²) in [6, 6.07) is 10.3. The number of hydrogen-bond donors (Lipinski definition) is 1. The first-order chi connectivity index (χ1) is 13.4. The highest BCUT2D eigenvalue weighted by atomic mass is 15.3. The van der Waals surface area contributed by atoms with Crippen LogP contribution in [0.15, 0.2) is 30.3 Å². The number of piperidine rings is 2. The van der Waals surface area contributed by atoms with E-state index in [0.29, 0.717) is 0 Å². The maximum Gasteiger partial charge on any atom is 0.229 e. The van der Waals surface area contributed by atoms with Gasteiger partial charge in [0.2, 0.25) is 5.95 Å². The number of nitrogens with zero attached hydrogens (tertiary/aromatic N) is 5. The number of rotatable bonds is 3. The highest BCUT2D eigenvalue weighted by Crippen LogP contribution is 2.30. The zero-order valence-electron chi connectivity index (χ0n) is 15.7. The van der Waals surface area contributed by atoms with Gasteiger partial charge in [0.1, 0.15) is 11.3 Å². The van der Waals surface area contributed by atoms with E-state index in [1.54, 1.807) is 0 Å². The third-order valence-corrected chi connectivity index (χ3v) is 5.66. The molecule has 5 rings (SSSR count). The number of nitrogens with one attached hydrogen (secondary N) is 1. The van der Waals surface area contributed by atoms with Gasteiger partial charge in [0.25, 0.3) is 0 Å². The van der Waals surface area contributed by atoms with Crippen LogP contribution >= 0.6 is 0 Å². The predicted octanol–water partition coefficient (Wildman–Crippen LogP) is 4.00. The van der Waals surface area contributed by atoms with Gasteiger partial charge >= 0.3 is 0 Å². The monoisotopic (exact) mass is 362 g/mol. The zero-order chi connectivity index (χ0) is 18.1. The first-order valence-corrected chi connectivity index (χ1v) is 10.2. The third-order valence-electron chi connectivity index (χ3n) is 5.66. The van der Waals surface area contributed by atoms with Crippen molar-refractivity contribution < 1.29 is 0 Å². The van der Waals surface area contributed by atoms with Gasteiger partial charge in [-0.15, -0.1) is 0 Å². The summed E-state index contributed by atoms with van der Waals surface area (Å²) in [4.78, 5) is 23.0. The minimum Gasteiger partial charge on any atom is -0.355 e. The lowest BCUT2D eigenvalue weighted by Crippen LogP contribution is -2.33. The summed E-state index contributed by atoms with van der Waals surface area (Å²) in [6.45, 7) is 4.21. The van der Waals surface area contributed by atoms with Crippen LogP contribution in [0, 0.1) is 0 Å². The van der Waals surface area contributed by atoms with Gasteiger partial charge in [-0.2, -0.15) is 9.97 Å². The highest BCUT2D eigenvalue weighted by molar-refractivity contribution is 5.87. The number of benzene rings is 1. The molecule has 1 N–H and O–H groups in total. The van der Waals surface area contributed by atoms with Crippen LogP contribution in [0.1, 0.15) is 38.5 Å². The molecule has 2 saturated heterocycles. The fraction of sp³-hybridized carbons (Fsp3) is 0.476. The predicted molar refractivity (Wildman–Crippen MR) is 109 cm³/mol. The average Bonchev–Trinajstić information content (AvgIpc) is 3.19. The van der Waals surface area contributed by atoms with Crippen LogP contribution in [-0.4, -0.2) is 46.1 Å². The van der Waals surface area contributed by atoms with Crippen LogP contribution in [0.5, 0.6) is 0 Å². The summed E-state index contributed by atoms with van der Waals surface area (Å²) in [7, 11) is 0. The van der Waals surface area contributed by atoms with Crippen LogP contribution < -0.4 is 9.80 Å². The Labute approximate surface area is 159 Å². The second kappa shape index (κ2) is 7.18. The Morgan fingerprint density at radius 3 is 2.07 bits per heavy atom. The maximum atomic E-state index is 5.02. The van der Waals surface area contributed by atoms with Crippen molar-refractivity contribution in [3.63, 3.8) is 0 Å². The molecule has 0 radical (unpaired) electrons. The molecule has 27 heavy (non-hydrogen) atoms. The third kappa shape index (κ3) is 3.24. The molecule has 0 amide bonds. The molecule has 0 bridgehead atoms. The van der Waals surface area contributed by atoms with Gasteiger partial charge in [0.15, 0.2) is 11.5 Å². The molecule has 6 heteroatoms. The largest absolute Gasteiger partial charge is 0.355 e. The molecule has 2 aliphatic heterocycles. The summed E-state index contributed by atoms with van der Waals surface area (Å²) in [5, 5.41) is 0. The molecule has 0 unspecified atom stereocenters. The van der Waals surface area contributed by atoms with Gasteiger partial charge < -0.3 is 14.8 Å². The lowest BCUT2D eigenvalue weighted by Gasteiger charge is -2.30. The summed E-state index contributed by atoms with van der Waals surface area (Å²) in [5.74, 6) is 2.73. The Balaban J connectivity index is 1.62. The lowest BCUT2D eigenvalue weighted by molar-refractivity contribution is 0.562. The van der Waals surface area contributed by atoms with E-state index in [9.17, 15) is 0 Å². The molecular formula is C21H26N6. The molecule has 0 atom stereocenters. The minimum absolute atomic E-state index is 0.782. The number of hydrogen-bond acceptors (Lipinski definition) is 5. The first kappa shape index (κ1) is 16.5. The molecule has 1 aromatic carbocycles. The van der Waals surface area contributed by atoms with Crippen molar-refractivity contribution in [1.82, 2.24) is 19.9 Å². The van der Waals surface area contributed by atoms with Gasteiger partial charge in [-0.25, -0.2) is 4.98 Å². The zero-order valence-corrected chi connectivity index (χ0v) is 15.7. The first-order valence-electron chi connectivity index (χ1n) is 10.2. The second-order valence-corrected chi connectivity index (χ2v) is 7.59. The molecule has 2 fully saturated rings. The fourth-order valence-electron chi connectivity index (χ4n) is 4.17. The number of anilines is 2. The van der Waals surface area contributed by atoms with Gasteiger partial charge in [0, 0.05) is 31.7 Å². The number of imidazole rings is 1. The van der Waals surface area contributed by atoms with Crippen LogP contribution in [0.3, 0.4) is 0 Å². The van der Waals surface area contributed by atoms with Crippen molar-refractivity contribution in [3.05, 3.63) is 30.3 Å². The summed E-state index contributed by atoms with van der Waals surface area (Å²) in [5.41, 5.74) is 2.83. The van der Waals surface area contributed by atoms with Gasteiger partial charge in [-0.1, -0.05) is 30.3 Å². The molecule has 6 nitrogen and oxygen atoms in total. The van der Waals surface area contributed by atoms with E-state index in [2.05, 4.69) is 26.9 Å². The topological polar surface area (TPSA) is 60.9 Å². The van der Waals surface area contributed by atoms with Crippen LogP contribution in [-0.2, 0) is 0 Å². The maximum absolute atomic E-state index is 5.02. The van der Waals surface area contributed by atoms with E-state index in [1.165, 1.54) is 38.5 Å². The quantitative estimate of drug-likeness (QED) is 0.763. The van der Waals surface area contributed by atoms with E-state index in [4.69, 9.17) is 15.0 Å². The van der Waals surface area contributed by atoms with Crippen molar-refractivity contribution in [2.75, 3.05) is 36.0 Å². The second-order valence-electron chi connectivity index (χ2n) is 7.59. The lowest BCUT2D eigenvalue weighted by atomic mass is 10.1. The number of H-pyrrole nitrogens is 1. The standard InChI is InChI=1S/C21H26N6/c1-4-10-16(11-5-1)18-22-17-19(23-18)24-21(27-14-8-3-9-15-27)25-20(17)26-12-6-2-7-13-26/h1,4-5,10-11H,2-3,6-9,12-15H2,(H,22,23,24,25). The molecule has 3 aromatic rings. The van der Waals surface area contributed by atoms with Crippen LogP contribution in [0.25, 0.3) is 22.6 Å². The molecule has 0 saturated carbocycles. The Morgan fingerprint density at radius 1 is 0.704 bits per heavy atom. The van der Waals surface area contributed by atoms with Gasteiger partial charge in [0.05, 0.1) is 0 Å². The summed E-state index contributed by atoms with van der Waals surface area (Å²) < 4.78 is 0. The molecule has 2 aliphatic rings. The van der Waals surface area contributed by atoms with E-state index in [0.717, 1.165) is 60.5 Å². The molecule has 0 aliphatic carbocycles. The molecule has 2 aromatic heterocycles. The Bertz CT molecular complexity index is 907. The minimum atomic E-state index is 0.782. The normalized spacial score (nSPS) is 18.2. The Hall–Kier alpha value is -2.63. The Morgan fingerprint density at radius 2 is 1.37 bits per heavy atom. The van der Waals surface area contributed by atoms with E-state index in [1.807, 2.05) is 18.2 Å². The molecular weight excluding hydrogens is 336 g/mol. The van der Waals surface area contributed by atoms with Gasteiger partial charge in [-0.05, 0) is 38.5 Å². The summed E-state index contributed by atoms with van der Waals surface area (Å²) >= 11 is 0. The molecule has 140 valence electrons. The van der Waals surface area contributed by atoms with E-state index >= 15 is 0 Å². The smallest absolute Gasteiger partial charge is 0.229 e.